The smallest absolute Gasteiger partial charge is 0.119 e. The van der Waals surface area contributed by atoms with Gasteiger partial charge in [0.25, 0.3) is 0 Å². The second-order valence-electron chi connectivity index (χ2n) is 5.73. The van der Waals surface area contributed by atoms with E-state index in [-0.39, 0.29) is 0 Å². The zero-order chi connectivity index (χ0) is 14.5. The summed E-state index contributed by atoms with van der Waals surface area (Å²) in [7, 11) is 1.70. The van der Waals surface area contributed by atoms with Gasteiger partial charge in [0.2, 0.25) is 0 Å². The van der Waals surface area contributed by atoms with Gasteiger partial charge in [0.05, 0.1) is 7.11 Å². The molecule has 0 aromatic heterocycles. The van der Waals surface area contributed by atoms with E-state index in [1.807, 2.05) is 6.07 Å². The first-order valence-electron chi connectivity index (χ1n) is 7.70. The molecule has 1 aliphatic heterocycles. The maximum atomic E-state index is 5.39. The van der Waals surface area contributed by atoms with Gasteiger partial charge in [0.15, 0.2) is 0 Å². The van der Waals surface area contributed by atoms with Crippen LogP contribution in [0.1, 0.15) is 18.4 Å². The zero-order valence-electron chi connectivity index (χ0n) is 12.6. The average molecular weight is 285 g/mol. The highest BCUT2D eigenvalue weighted by Crippen LogP contribution is 2.22. The van der Waals surface area contributed by atoms with Crippen molar-refractivity contribution < 1.29 is 9.47 Å². The third kappa shape index (κ3) is 3.74. The van der Waals surface area contributed by atoms with E-state index in [1.165, 1.54) is 29.2 Å². The van der Waals surface area contributed by atoms with E-state index in [1.54, 1.807) is 7.11 Å². The molecule has 1 aliphatic rings. The molecule has 1 heterocycles. The van der Waals surface area contributed by atoms with Crippen molar-refractivity contribution in [1.82, 2.24) is 5.32 Å². The summed E-state index contributed by atoms with van der Waals surface area (Å²) >= 11 is 0. The first-order valence-corrected chi connectivity index (χ1v) is 7.70. The summed E-state index contributed by atoms with van der Waals surface area (Å²) in [5.41, 5.74) is 1.33. The molecular weight excluding hydrogens is 262 g/mol. The molecule has 0 bridgehead atoms. The van der Waals surface area contributed by atoms with Crippen molar-refractivity contribution in [2.24, 2.45) is 5.92 Å². The van der Waals surface area contributed by atoms with Crippen molar-refractivity contribution in [3.8, 4) is 5.75 Å². The van der Waals surface area contributed by atoms with E-state index in [0.29, 0.717) is 0 Å². The van der Waals surface area contributed by atoms with Gasteiger partial charge in [-0.15, -0.1) is 0 Å². The maximum absolute atomic E-state index is 5.39. The predicted octanol–water partition coefficient (Wildman–Crippen LogP) is 3.36. The summed E-state index contributed by atoms with van der Waals surface area (Å²) in [6.07, 6.45) is 2.37. The fourth-order valence-electron chi connectivity index (χ4n) is 2.88. The Morgan fingerprint density at radius 1 is 1.10 bits per heavy atom. The Labute approximate surface area is 126 Å². The molecule has 0 spiro atoms. The van der Waals surface area contributed by atoms with Crippen LogP contribution in [0.4, 0.5) is 0 Å². The number of nitrogens with one attached hydrogen (secondary N) is 1. The molecule has 0 amide bonds. The van der Waals surface area contributed by atoms with Crippen molar-refractivity contribution in [3.63, 3.8) is 0 Å². The first-order chi connectivity index (χ1) is 10.3. The molecule has 1 saturated heterocycles. The van der Waals surface area contributed by atoms with Crippen LogP contribution in [0.3, 0.4) is 0 Å². The third-order valence-electron chi connectivity index (χ3n) is 4.21. The molecule has 2 aromatic carbocycles. The molecule has 2 aromatic rings. The third-order valence-corrected chi connectivity index (χ3v) is 4.21. The topological polar surface area (TPSA) is 30.5 Å². The number of benzene rings is 2. The molecule has 0 unspecified atom stereocenters. The molecule has 21 heavy (non-hydrogen) atoms. The van der Waals surface area contributed by atoms with Gasteiger partial charge in [0, 0.05) is 19.8 Å². The van der Waals surface area contributed by atoms with Crippen molar-refractivity contribution in [2.75, 3.05) is 26.9 Å². The van der Waals surface area contributed by atoms with Gasteiger partial charge in [0.1, 0.15) is 5.75 Å². The van der Waals surface area contributed by atoms with Gasteiger partial charge in [-0.3, -0.25) is 0 Å². The molecule has 0 radical (unpaired) electrons. The van der Waals surface area contributed by atoms with Crippen LogP contribution >= 0.6 is 0 Å². The number of fused-ring (bicyclic) bond motifs is 1. The molecule has 1 fully saturated rings. The highest BCUT2D eigenvalue weighted by Gasteiger charge is 2.12. The lowest BCUT2D eigenvalue weighted by Gasteiger charge is -2.22. The summed E-state index contributed by atoms with van der Waals surface area (Å²) in [6, 6.07) is 12.8. The number of ether oxygens (including phenoxy) is 2. The van der Waals surface area contributed by atoms with Crippen LogP contribution in [0.15, 0.2) is 36.4 Å². The van der Waals surface area contributed by atoms with Gasteiger partial charge in [-0.1, -0.05) is 18.2 Å². The summed E-state index contributed by atoms with van der Waals surface area (Å²) < 4.78 is 10.7. The van der Waals surface area contributed by atoms with Gasteiger partial charge in [-0.05, 0) is 59.8 Å². The van der Waals surface area contributed by atoms with E-state index in [0.717, 1.165) is 38.0 Å². The molecule has 1 N–H and O–H groups in total. The van der Waals surface area contributed by atoms with E-state index < -0.39 is 0 Å². The summed E-state index contributed by atoms with van der Waals surface area (Å²) in [5.74, 6) is 1.68. The fraction of sp³-hybridized carbons (Fsp3) is 0.444. The molecule has 0 atom stereocenters. The van der Waals surface area contributed by atoms with Gasteiger partial charge in [-0.2, -0.15) is 0 Å². The lowest BCUT2D eigenvalue weighted by molar-refractivity contribution is 0.0662. The summed E-state index contributed by atoms with van der Waals surface area (Å²) in [4.78, 5) is 0. The number of rotatable bonds is 5. The quantitative estimate of drug-likeness (QED) is 0.913. The maximum Gasteiger partial charge on any atom is 0.119 e. The molecular formula is C18H23NO2. The number of methoxy groups -OCH3 is 1. The second kappa shape index (κ2) is 6.92. The van der Waals surface area contributed by atoms with Crippen molar-refractivity contribution in [2.45, 2.75) is 19.4 Å². The number of hydrogen-bond donors (Lipinski definition) is 1. The Kier molecular flexibility index (Phi) is 4.73. The molecule has 0 aliphatic carbocycles. The Morgan fingerprint density at radius 2 is 1.86 bits per heavy atom. The summed E-state index contributed by atoms with van der Waals surface area (Å²) in [6.45, 7) is 3.86. The highest BCUT2D eigenvalue weighted by molar-refractivity contribution is 5.84. The van der Waals surface area contributed by atoms with E-state index >= 15 is 0 Å². The molecule has 3 rings (SSSR count). The highest BCUT2D eigenvalue weighted by atomic mass is 16.5. The van der Waals surface area contributed by atoms with E-state index in [4.69, 9.17) is 9.47 Å². The van der Waals surface area contributed by atoms with Crippen molar-refractivity contribution >= 4 is 10.8 Å². The standard InChI is InChI=1S/C18H23NO2/c1-20-18-5-4-16-10-15(2-3-17(16)11-18)13-19-12-14-6-8-21-9-7-14/h2-5,10-11,14,19H,6-9,12-13H2,1H3. The average Bonchev–Trinajstić information content (AvgIpc) is 2.55. The van der Waals surface area contributed by atoms with E-state index in [2.05, 4.69) is 35.6 Å². The Morgan fingerprint density at radius 3 is 2.67 bits per heavy atom. The van der Waals surface area contributed by atoms with Crippen LogP contribution in [-0.4, -0.2) is 26.9 Å². The zero-order valence-corrected chi connectivity index (χ0v) is 12.6. The first kappa shape index (κ1) is 14.4. The Bertz CT molecular complexity index is 591. The van der Waals surface area contributed by atoms with Gasteiger partial charge >= 0.3 is 0 Å². The molecule has 112 valence electrons. The minimum atomic E-state index is 0.767. The predicted molar refractivity (Wildman–Crippen MR) is 85.7 cm³/mol. The minimum Gasteiger partial charge on any atom is -0.497 e. The van der Waals surface area contributed by atoms with Crippen LogP contribution in [0.25, 0.3) is 10.8 Å². The fourth-order valence-corrected chi connectivity index (χ4v) is 2.88. The normalized spacial score (nSPS) is 16.2. The van der Waals surface area contributed by atoms with Crippen LogP contribution in [0.2, 0.25) is 0 Å². The molecule has 3 nitrogen and oxygen atoms in total. The lowest BCUT2D eigenvalue weighted by atomic mass is 10.0. The van der Waals surface area contributed by atoms with Crippen LogP contribution < -0.4 is 10.1 Å². The molecule has 3 heteroatoms. The molecule has 0 saturated carbocycles. The van der Waals surface area contributed by atoms with E-state index in [9.17, 15) is 0 Å². The summed E-state index contributed by atoms with van der Waals surface area (Å²) in [5, 5.41) is 6.07. The monoisotopic (exact) mass is 285 g/mol. The largest absolute Gasteiger partial charge is 0.497 e. The van der Waals surface area contributed by atoms with Crippen LogP contribution in [-0.2, 0) is 11.3 Å². The van der Waals surface area contributed by atoms with Crippen LogP contribution in [0, 0.1) is 5.92 Å². The second-order valence-corrected chi connectivity index (χ2v) is 5.73. The minimum absolute atomic E-state index is 0.767. The Balaban J connectivity index is 1.59. The van der Waals surface area contributed by atoms with Gasteiger partial charge < -0.3 is 14.8 Å². The number of hydrogen-bond acceptors (Lipinski definition) is 3. The Hall–Kier alpha value is -1.58. The van der Waals surface area contributed by atoms with Crippen molar-refractivity contribution in [1.29, 1.82) is 0 Å². The SMILES string of the molecule is COc1ccc2cc(CNCC3CCOCC3)ccc2c1. The van der Waals surface area contributed by atoms with Gasteiger partial charge in [-0.25, -0.2) is 0 Å². The lowest BCUT2D eigenvalue weighted by Crippen LogP contribution is -2.27. The van der Waals surface area contributed by atoms with Crippen LogP contribution in [0.5, 0.6) is 5.75 Å². The van der Waals surface area contributed by atoms with Crippen molar-refractivity contribution in [3.05, 3.63) is 42.0 Å².